The lowest BCUT2D eigenvalue weighted by atomic mass is 10.1. The van der Waals surface area contributed by atoms with Gasteiger partial charge in [0.1, 0.15) is 11.5 Å². The van der Waals surface area contributed by atoms with E-state index in [1.165, 1.54) is 30.5 Å². The smallest absolute Gasteiger partial charge is 0.287 e. The van der Waals surface area contributed by atoms with Gasteiger partial charge in [0.2, 0.25) is 0 Å². The van der Waals surface area contributed by atoms with E-state index >= 15 is 0 Å². The molecule has 174 valence electrons. The highest BCUT2D eigenvalue weighted by Gasteiger charge is 2.26. The first-order valence-corrected chi connectivity index (χ1v) is 11.8. The zero-order chi connectivity index (χ0) is 23.7. The fourth-order valence-corrected chi connectivity index (χ4v) is 4.74. The summed E-state index contributed by atoms with van der Waals surface area (Å²) in [6.07, 6.45) is 6.48. The van der Waals surface area contributed by atoms with Gasteiger partial charge in [-0.3, -0.25) is 4.79 Å². The first kappa shape index (κ1) is 22.4. The molecule has 2 aromatic carbocycles. The standard InChI is InChI=1S/C27H25ClFN3O2/c1-17-6-8-18(9-7-17)25-26(32(16-31-25)21-4-2-3-5-21)23-12-13-24(34-23)27(33)30-15-19-10-11-20(29)14-22(19)28/h6-14,16,21H,2-5,15H2,1H3,(H,30,33). The normalized spacial score (nSPS) is 14.0. The maximum Gasteiger partial charge on any atom is 0.287 e. The number of nitrogens with zero attached hydrogens (tertiary/aromatic N) is 2. The maximum absolute atomic E-state index is 13.3. The molecule has 2 heterocycles. The third-order valence-corrected chi connectivity index (χ3v) is 6.71. The Morgan fingerprint density at radius 1 is 1.15 bits per heavy atom. The quantitative estimate of drug-likeness (QED) is 0.326. The first-order valence-electron chi connectivity index (χ1n) is 11.5. The van der Waals surface area contributed by atoms with E-state index < -0.39 is 5.82 Å². The van der Waals surface area contributed by atoms with Crippen molar-refractivity contribution in [2.75, 3.05) is 0 Å². The van der Waals surface area contributed by atoms with Crippen LogP contribution in [-0.4, -0.2) is 15.5 Å². The molecule has 0 atom stereocenters. The summed E-state index contributed by atoms with van der Waals surface area (Å²) in [5.41, 5.74) is 4.54. The van der Waals surface area contributed by atoms with Crippen LogP contribution in [0.2, 0.25) is 5.02 Å². The van der Waals surface area contributed by atoms with Crippen molar-refractivity contribution < 1.29 is 13.6 Å². The van der Waals surface area contributed by atoms with Gasteiger partial charge in [0.15, 0.2) is 11.5 Å². The Morgan fingerprint density at radius 3 is 2.65 bits per heavy atom. The van der Waals surface area contributed by atoms with E-state index in [9.17, 15) is 9.18 Å². The minimum Gasteiger partial charge on any atom is -0.449 e. The van der Waals surface area contributed by atoms with Crippen LogP contribution in [0.3, 0.4) is 0 Å². The van der Waals surface area contributed by atoms with Crippen molar-refractivity contribution >= 4 is 17.5 Å². The van der Waals surface area contributed by atoms with Crippen molar-refractivity contribution in [1.29, 1.82) is 0 Å². The number of carbonyl (C=O) groups is 1. The van der Waals surface area contributed by atoms with Crippen LogP contribution in [-0.2, 0) is 6.54 Å². The van der Waals surface area contributed by atoms with Gasteiger partial charge in [0, 0.05) is 23.2 Å². The fourth-order valence-electron chi connectivity index (χ4n) is 4.50. The molecule has 2 aromatic heterocycles. The predicted molar refractivity (Wildman–Crippen MR) is 130 cm³/mol. The zero-order valence-electron chi connectivity index (χ0n) is 18.9. The minimum absolute atomic E-state index is 0.169. The SMILES string of the molecule is Cc1ccc(-c2ncn(C3CCCC3)c2-c2ccc(C(=O)NCc3ccc(F)cc3Cl)o2)cc1. The molecule has 0 aliphatic heterocycles. The number of aromatic nitrogens is 2. The first-order chi connectivity index (χ1) is 16.5. The summed E-state index contributed by atoms with van der Waals surface area (Å²) in [6.45, 7) is 2.22. The number of hydrogen-bond donors (Lipinski definition) is 1. The lowest BCUT2D eigenvalue weighted by Gasteiger charge is -2.15. The largest absolute Gasteiger partial charge is 0.449 e. The highest BCUT2D eigenvalue weighted by Crippen LogP contribution is 2.39. The maximum atomic E-state index is 13.3. The number of furan rings is 1. The van der Waals surface area contributed by atoms with Crippen LogP contribution in [0.1, 0.15) is 53.4 Å². The summed E-state index contributed by atoms with van der Waals surface area (Å²) >= 11 is 6.07. The van der Waals surface area contributed by atoms with Crippen LogP contribution < -0.4 is 5.32 Å². The molecule has 1 amide bonds. The summed E-state index contributed by atoms with van der Waals surface area (Å²) in [4.78, 5) is 17.5. The molecular weight excluding hydrogens is 453 g/mol. The molecule has 0 saturated heterocycles. The molecule has 4 aromatic rings. The molecule has 1 fully saturated rings. The Labute approximate surface area is 202 Å². The average molecular weight is 478 g/mol. The lowest BCUT2D eigenvalue weighted by Crippen LogP contribution is -2.22. The van der Waals surface area contributed by atoms with Gasteiger partial charge in [-0.15, -0.1) is 0 Å². The number of amides is 1. The van der Waals surface area contributed by atoms with Crippen molar-refractivity contribution in [3.05, 3.63) is 88.7 Å². The van der Waals surface area contributed by atoms with E-state index in [0.29, 0.717) is 17.4 Å². The van der Waals surface area contributed by atoms with Gasteiger partial charge in [0.25, 0.3) is 5.91 Å². The molecule has 7 heteroatoms. The van der Waals surface area contributed by atoms with Crippen LogP contribution >= 0.6 is 11.6 Å². The molecule has 1 aliphatic carbocycles. The average Bonchev–Trinajstić information content (AvgIpc) is 3.58. The third kappa shape index (κ3) is 4.50. The number of nitrogens with one attached hydrogen (secondary N) is 1. The van der Waals surface area contributed by atoms with Crippen molar-refractivity contribution in [3.63, 3.8) is 0 Å². The van der Waals surface area contributed by atoms with Gasteiger partial charge in [-0.05, 0) is 49.6 Å². The van der Waals surface area contributed by atoms with E-state index in [1.54, 1.807) is 12.1 Å². The predicted octanol–water partition coefficient (Wildman–Crippen LogP) is 6.96. The third-order valence-electron chi connectivity index (χ3n) is 6.35. The second kappa shape index (κ2) is 9.47. The minimum atomic E-state index is -0.418. The highest BCUT2D eigenvalue weighted by atomic mass is 35.5. The van der Waals surface area contributed by atoms with Gasteiger partial charge >= 0.3 is 0 Å². The summed E-state index contributed by atoms with van der Waals surface area (Å²) in [6, 6.07) is 16.2. The van der Waals surface area contributed by atoms with E-state index in [-0.39, 0.29) is 23.2 Å². The van der Waals surface area contributed by atoms with Crippen LogP contribution in [0.25, 0.3) is 22.7 Å². The molecule has 5 rings (SSSR count). The zero-order valence-corrected chi connectivity index (χ0v) is 19.6. The van der Waals surface area contributed by atoms with E-state index in [1.807, 2.05) is 12.4 Å². The van der Waals surface area contributed by atoms with E-state index in [4.69, 9.17) is 21.0 Å². The van der Waals surface area contributed by atoms with Crippen molar-refractivity contribution in [2.24, 2.45) is 0 Å². The van der Waals surface area contributed by atoms with Gasteiger partial charge < -0.3 is 14.3 Å². The molecule has 0 spiro atoms. The summed E-state index contributed by atoms with van der Waals surface area (Å²) in [7, 11) is 0. The topological polar surface area (TPSA) is 60.1 Å². The molecule has 1 saturated carbocycles. The van der Waals surface area contributed by atoms with Crippen LogP contribution in [0.15, 0.2) is 65.3 Å². The van der Waals surface area contributed by atoms with Crippen molar-refractivity contribution in [2.45, 2.75) is 45.2 Å². The monoisotopic (exact) mass is 477 g/mol. The van der Waals surface area contributed by atoms with E-state index in [0.717, 1.165) is 29.8 Å². The Bertz CT molecular complexity index is 1320. The van der Waals surface area contributed by atoms with Crippen molar-refractivity contribution in [3.8, 4) is 22.7 Å². The Balaban J connectivity index is 1.43. The van der Waals surface area contributed by atoms with Crippen LogP contribution in [0, 0.1) is 12.7 Å². The highest BCUT2D eigenvalue weighted by molar-refractivity contribution is 6.31. The fraction of sp³-hybridized carbons (Fsp3) is 0.259. The molecule has 0 unspecified atom stereocenters. The molecule has 1 N–H and O–H groups in total. The lowest BCUT2D eigenvalue weighted by molar-refractivity contribution is 0.0924. The van der Waals surface area contributed by atoms with Crippen LogP contribution in [0.4, 0.5) is 4.39 Å². The second-order valence-corrected chi connectivity index (χ2v) is 9.14. The van der Waals surface area contributed by atoms with Gasteiger partial charge in [-0.2, -0.15) is 0 Å². The molecule has 34 heavy (non-hydrogen) atoms. The number of benzene rings is 2. The number of aryl methyl sites for hydroxylation is 1. The van der Waals surface area contributed by atoms with E-state index in [2.05, 4.69) is 41.1 Å². The van der Waals surface area contributed by atoms with Gasteiger partial charge in [0.05, 0.1) is 12.0 Å². The molecule has 0 bridgehead atoms. The number of carbonyl (C=O) groups excluding carboxylic acids is 1. The Hall–Kier alpha value is -3.38. The molecular formula is C27H25ClFN3O2. The van der Waals surface area contributed by atoms with Gasteiger partial charge in [-0.1, -0.05) is 60.3 Å². The summed E-state index contributed by atoms with van der Waals surface area (Å²) < 4.78 is 21.5. The number of rotatable bonds is 6. The van der Waals surface area contributed by atoms with Gasteiger partial charge in [-0.25, -0.2) is 9.37 Å². The summed E-state index contributed by atoms with van der Waals surface area (Å²) in [5, 5.41) is 3.06. The molecule has 1 aliphatic rings. The molecule has 0 radical (unpaired) electrons. The Kier molecular flexibility index (Phi) is 6.24. The molecule has 5 nitrogen and oxygen atoms in total. The van der Waals surface area contributed by atoms with Crippen molar-refractivity contribution in [1.82, 2.24) is 14.9 Å². The number of hydrogen-bond acceptors (Lipinski definition) is 3. The van der Waals surface area contributed by atoms with Crippen LogP contribution in [0.5, 0.6) is 0 Å². The summed E-state index contributed by atoms with van der Waals surface area (Å²) in [5.74, 6) is 0.0154. The Morgan fingerprint density at radius 2 is 1.91 bits per heavy atom. The second-order valence-electron chi connectivity index (χ2n) is 8.74. The number of imidazole rings is 1. The number of halogens is 2.